The largest absolute Gasteiger partial charge is 0.295 e. The molecule has 14 heavy (non-hydrogen) atoms. The van der Waals surface area contributed by atoms with E-state index in [1.54, 1.807) is 0 Å². The van der Waals surface area contributed by atoms with Crippen molar-refractivity contribution in [3.63, 3.8) is 0 Å². The van der Waals surface area contributed by atoms with E-state index in [4.69, 9.17) is 6.42 Å². The standard InChI is InChI=1S/C10H14N2O2/c1-4-10(3,5-2)12-7-6-8(13)11-9(7)14/h1,7,12H,5-6H2,2-3H3,(H,11,13,14). The SMILES string of the molecule is C#CC(C)(CC)NC1CC(=O)NC1=O. The summed E-state index contributed by atoms with van der Waals surface area (Å²) in [6.07, 6.45) is 6.23. The molecular formula is C10H14N2O2. The van der Waals surface area contributed by atoms with Gasteiger partial charge in [0.05, 0.1) is 18.0 Å². The Balaban J connectivity index is 2.65. The van der Waals surface area contributed by atoms with Gasteiger partial charge in [-0.25, -0.2) is 0 Å². The van der Waals surface area contributed by atoms with Gasteiger partial charge >= 0.3 is 0 Å². The minimum absolute atomic E-state index is 0.177. The van der Waals surface area contributed by atoms with Crippen molar-refractivity contribution in [1.82, 2.24) is 10.6 Å². The zero-order valence-electron chi connectivity index (χ0n) is 8.39. The van der Waals surface area contributed by atoms with E-state index in [0.29, 0.717) is 6.42 Å². The van der Waals surface area contributed by atoms with Crippen LogP contribution in [0.1, 0.15) is 26.7 Å². The average Bonchev–Trinajstić information content (AvgIpc) is 2.45. The van der Waals surface area contributed by atoms with Crippen LogP contribution >= 0.6 is 0 Å². The zero-order valence-corrected chi connectivity index (χ0v) is 8.39. The van der Waals surface area contributed by atoms with Crippen LogP contribution in [-0.2, 0) is 9.59 Å². The minimum Gasteiger partial charge on any atom is -0.295 e. The molecule has 2 atom stereocenters. The number of carbonyl (C=O) groups excluding carboxylic acids is 2. The molecule has 0 radical (unpaired) electrons. The Labute approximate surface area is 83.4 Å². The van der Waals surface area contributed by atoms with E-state index in [0.717, 1.165) is 0 Å². The molecule has 0 saturated carbocycles. The van der Waals surface area contributed by atoms with Gasteiger partial charge in [-0.2, -0.15) is 0 Å². The van der Waals surface area contributed by atoms with E-state index >= 15 is 0 Å². The van der Waals surface area contributed by atoms with Crippen molar-refractivity contribution in [1.29, 1.82) is 0 Å². The second kappa shape index (κ2) is 3.81. The summed E-state index contributed by atoms with van der Waals surface area (Å²) in [7, 11) is 0. The molecule has 2 N–H and O–H groups in total. The summed E-state index contributed by atoms with van der Waals surface area (Å²) in [6.45, 7) is 3.77. The average molecular weight is 194 g/mol. The van der Waals surface area contributed by atoms with Gasteiger partial charge in [0.15, 0.2) is 0 Å². The third-order valence-electron chi connectivity index (χ3n) is 2.49. The van der Waals surface area contributed by atoms with E-state index in [2.05, 4.69) is 16.6 Å². The van der Waals surface area contributed by atoms with Gasteiger partial charge in [-0.1, -0.05) is 12.8 Å². The minimum atomic E-state index is -0.521. The van der Waals surface area contributed by atoms with Crippen molar-refractivity contribution in [2.75, 3.05) is 0 Å². The first-order valence-corrected chi connectivity index (χ1v) is 4.60. The number of nitrogens with one attached hydrogen (secondary N) is 2. The first-order valence-electron chi connectivity index (χ1n) is 4.60. The molecular weight excluding hydrogens is 180 g/mol. The molecule has 1 aliphatic heterocycles. The van der Waals surface area contributed by atoms with Gasteiger partial charge in [-0.05, 0) is 13.3 Å². The van der Waals surface area contributed by atoms with Crippen molar-refractivity contribution in [3.05, 3.63) is 0 Å². The molecule has 0 bridgehead atoms. The van der Waals surface area contributed by atoms with E-state index in [1.165, 1.54) is 0 Å². The smallest absolute Gasteiger partial charge is 0.244 e. The fourth-order valence-corrected chi connectivity index (χ4v) is 1.30. The van der Waals surface area contributed by atoms with Crippen molar-refractivity contribution in [2.45, 2.75) is 38.3 Å². The maximum atomic E-state index is 11.2. The lowest BCUT2D eigenvalue weighted by Gasteiger charge is -2.26. The molecule has 0 aromatic heterocycles. The molecule has 2 unspecified atom stereocenters. The summed E-state index contributed by atoms with van der Waals surface area (Å²) in [5, 5.41) is 5.23. The number of hydrogen-bond donors (Lipinski definition) is 2. The van der Waals surface area contributed by atoms with E-state index in [1.807, 2.05) is 13.8 Å². The second-order valence-corrected chi connectivity index (χ2v) is 3.64. The third-order valence-corrected chi connectivity index (χ3v) is 2.49. The Morgan fingerprint density at radius 1 is 1.71 bits per heavy atom. The highest BCUT2D eigenvalue weighted by atomic mass is 16.2. The number of rotatable bonds is 3. The molecule has 0 spiro atoms. The molecule has 1 aliphatic rings. The van der Waals surface area contributed by atoms with Crippen LogP contribution in [0.25, 0.3) is 0 Å². The third kappa shape index (κ3) is 2.12. The molecule has 2 amide bonds. The Kier molecular flexibility index (Phi) is 2.92. The maximum Gasteiger partial charge on any atom is 0.244 e. The lowest BCUT2D eigenvalue weighted by atomic mass is 9.98. The molecule has 4 nitrogen and oxygen atoms in total. The predicted octanol–water partition coefficient (Wildman–Crippen LogP) is -0.207. The fraction of sp³-hybridized carbons (Fsp3) is 0.600. The second-order valence-electron chi connectivity index (χ2n) is 3.64. The van der Waals surface area contributed by atoms with Crippen LogP contribution in [0.3, 0.4) is 0 Å². The molecule has 0 aromatic rings. The van der Waals surface area contributed by atoms with Crippen LogP contribution in [-0.4, -0.2) is 23.4 Å². The Morgan fingerprint density at radius 2 is 2.36 bits per heavy atom. The molecule has 0 aromatic carbocycles. The van der Waals surface area contributed by atoms with Crippen LogP contribution < -0.4 is 10.6 Å². The zero-order chi connectivity index (χ0) is 10.8. The molecule has 4 heteroatoms. The first kappa shape index (κ1) is 10.7. The summed E-state index contributed by atoms with van der Waals surface area (Å²) < 4.78 is 0. The van der Waals surface area contributed by atoms with Crippen LogP contribution in [0.15, 0.2) is 0 Å². The highest BCUT2D eigenvalue weighted by Gasteiger charge is 2.34. The van der Waals surface area contributed by atoms with Gasteiger partial charge in [-0.3, -0.25) is 20.2 Å². The number of imide groups is 1. The maximum absolute atomic E-state index is 11.2. The van der Waals surface area contributed by atoms with E-state index in [-0.39, 0.29) is 18.2 Å². The summed E-state index contributed by atoms with van der Waals surface area (Å²) >= 11 is 0. The Morgan fingerprint density at radius 3 is 2.71 bits per heavy atom. The first-order chi connectivity index (χ1) is 6.50. The van der Waals surface area contributed by atoms with Gasteiger partial charge in [-0.15, -0.1) is 6.42 Å². The lowest BCUT2D eigenvalue weighted by molar-refractivity contribution is -0.125. The quantitative estimate of drug-likeness (QED) is 0.483. The highest BCUT2D eigenvalue weighted by Crippen LogP contribution is 2.12. The number of terminal acetylenes is 1. The van der Waals surface area contributed by atoms with Crippen LogP contribution in [0, 0.1) is 12.3 Å². The molecule has 1 rings (SSSR count). The Hall–Kier alpha value is -1.34. The van der Waals surface area contributed by atoms with Gasteiger partial charge in [0.25, 0.3) is 0 Å². The molecule has 0 aliphatic carbocycles. The molecule has 1 fully saturated rings. The lowest BCUT2D eigenvalue weighted by Crippen LogP contribution is -2.49. The monoisotopic (exact) mass is 194 g/mol. The van der Waals surface area contributed by atoms with Gasteiger partial charge in [0.2, 0.25) is 11.8 Å². The number of amides is 2. The van der Waals surface area contributed by atoms with Crippen molar-refractivity contribution >= 4 is 11.8 Å². The summed E-state index contributed by atoms with van der Waals surface area (Å²) in [6, 6.07) is -0.483. The van der Waals surface area contributed by atoms with E-state index < -0.39 is 11.6 Å². The van der Waals surface area contributed by atoms with Gasteiger partial charge < -0.3 is 0 Å². The van der Waals surface area contributed by atoms with Crippen LogP contribution in [0.4, 0.5) is 0 Å². The Bertz CT molecular complexity index is 306. The molecule has 76 valence electrons. The van der Waals surface area contributed by atoms with Gasteiger partial charge in [0, 0.05) is 0 Å². The van der Waals surface area contributed by atoms with Gasteiger partial charge in [0.1, 0.15) is 0 Å². The normalized spacial score (nSPS) is 25.4. The van der Waals surface area contributed by atoms with Crippen molar-refractivity contribution in [2.24, 2.45) is 0 Å². The van der Waals surface area contributed by atoms with Crippen molar-refractivity contribution < 1.29 is 9.59 Å². The van der Waals surface area contributed by atoms with Crippen LogP contribution in [0.2, 0.25) is 0 Å². The van der Waals surface area contributed by atoms with E-state index in [9.17, 15) is 9.59 Å². The fourth-order valence-electron chi connectivity index (χ4n) is 1.30. The van der Waals surface area contributed by atoms with Crippen molar-refractivity contribution in [3.8, 4) is 12.3 Å². The van der Waals surface area contributed by atoms with Crippen LogP contribution in [0.5, 0.6) is 0 Å². The predicted molar refractivity (Wildman–Crippen MR) is 52.2 cm³/mol. The number of hydrogen-bond acceptors (Lipinski definition) is 3. The molecule has 1 heterocycles. The molecule has 1 saturated heterocycles. The summed E-state index contributed by atoms with van der Waals surface area (Å²) in [5.41, 5.74) is -0.521. The number of carbonyl (C=O) groups is 2. The summed E-state index contributed by atoms with van der Waals surface area (Å²) in [5.74, 6) is 2.05. The highest BCUT2D eigenvalue weighted by molar-refractivity contribution is 6.05. The summed E-state index contributed by atoms with van der Waals surface area (Å²) in [4.78, 5) is 22.1. The topological polar surface area (TPSA) is 58.2 Å².